The summed E-state index contributed by atoms with van der Waals surface area (Å²) < 4.78 is 24.1. The lowest BCUT2D eigenvalue weighted by atomic mass is 10.2. The Morgan fingerprint density at radius 2 is 1.86 bits per heavy atom. The maximum atomic E-state index is 12.1. The molecular formula is C21H22ClN3O2S2. The van der Waals surface area contributed by atoms with E-state index in [0.29, 0.717) is 10.7 Å². The molecule has 1 aliphatic rings. The van der Waals surface area contributed by atoms with Crippen molar-refractivity contribution in [2.24, 2.45) is 0 Å². The summed E-state index contributed by atoms with van der Waals surface area (Å²) >= 11 is 7.90. The van der Waals surface area contributed by atoms with E-state index < -0.39 is 9.84 Å². The van der Waals surface area contributed by atoms with Crippen LogP contribution in [0.1, 0.15) is 4.88 Å². The zero-order valence-corrected chi connectivity index (χ0v) is 18.5. The maximum absolute atomic E-state index is 12.1. The third-order valence-electron chi connectivity index (χ3n) is 4.97. The molecule has 1 fully saturated rings. The van der Waals surface area contributed by atoms with Crippen LogP contribution in [0.25, 0.3) is 10.4 Å². The number of benzene rings is 1. The van der Waals surface area contributed by atoms with Crippen LogP contribution < -0.4 is 4.90 Å². The van der Waals surface area contributed by atoms with Crippen molar-refractivity contribution in [3.8, 4) is 10.4 Å². The Morgan fingerprint density at radius 1 is 1.07 bits per heavy atom. The van der Waals surface area contributed by atoms with Crippen LogP contribution in [0.15, 0.2) is 59.6 Å². The van der Waals surface area contributed by atoms with Gasteiger partial charge in [-0.3, -0.25) is 4.90 Å². The fourth-order valence-electron chi connectivity index (χ4n) is 3.51. The highest BCUT2D eigenvalue weighted by Crippen LogP contribution is 2.31. The minimum absolute atomic E-state index is 0.304. The number of anilines is 1. The summed E-state index contributed by atoms with van der Waals surface area (Å²) in [5.74, 6) is 0.564. The van der Waals surface area contributed by atoms with E-state index >= 15 is 0 Å². The van der Waals surface area contributed by atoms with E-state index in [1.54, 1.807) is 29.7 Å². The second-order valence-corrected chi connectivity index (χ2v) is 10.7. The molecule has 1 saturated heterocycles. The molecule has 3 heterocycles. The quantitative estimate of drug-likeness (QED) is 0.587. The van der Waals surface area contributed by atoms with Crippen molar-refractivity contribution in [1.29, 1.82) is 0 Å². The van der Waals surface area contributed by atoms with E-state index in [-0.39, 0.29) is 0 Å². The van der Waals surface area contributed by atoms with Gasteiger partial charge in [0.2, 0.25) is 0 Å². The zero-order chi connectivity index (χ0) is 20.4. The predicted octanol–water partition coefficient (Wildman–Crippen LogP) is 4.19. The lowest BCUT2D eigenvalue weighted by Crippen LogP contribution is -2.46. The number of aromatic nitrogens is 1. The van der Waals surface area contributed by atoms with Crippen LogP contribution in [0.4, 0.5) is 5.82 Å². The summed E-state index contributed by atoms with van der Waals surface area (Å²) in [6, 6.07) is 15.5. The average molecular weight is 448 g/mol. The van der Waals surface area contributed by atoms with Crippen molar-refractivity contribution in [2.75, 3.05) is 37.3 Å². The highest BCUT2D eigenvalue weighted by molar-refractivity contribution is 7.90. The third kappa shape index (κ3) is 4.80. The predicted molar refractivity (Wildman–Crippen MR) is 120 cm³/mol. The summed E-state index contributed by atoms with van der Waals surface area (Å²) in [4.78, 5) is 11.6. The monoisotopic (exact) mass is 447 g/mol. The number of piperazine rings is 1. The van der Waals surface area contributed by atoms with Crippen LogP contribution in [0.3, 0.4) is 0 Å². The molecule has 0 radical (unpaired) electrons. The van der Waals surface area contributed by atoms with Gasteiger partial charge in [0.1, 0.15) is 10.7 Å². The van der Waals surface area contributed by atoms with Gasteiger partial charge in [-0.05, 0) is 42.0 Å². The molecule has 1 aromatic carbocycles. The Hall–Kier alpha value is -1.93. The van der Waals surface area contributed by atoms with Gasteiger partial charge in [-0.1, -0.05) is 23.7 Å². The third-order valence-corrected chi connectivity index (χ3v) is 7.44. The lowest BCUT2D eigenvalue weighted by Gasteiger charge is -2.35. The first-order chi connectivity index (χ1) is 13.9. The molecule has 29 heavy (non-hydrogen) atoms. The average Bonchev–Trinajstić information content (AvgIpc) is 3.16. The molecule has 1 aliphatic heterocycles. The van der Waals surface area contributed by atoms with Crippen molar-refractivity contribution in [2.45, 2.75) is 11.4 Å². The summed E-state index contributed by atoms with van der Waals surface area (Å²) in [5, 5.41) is 0.747. The molecule has 0 N–H and O–H groups in total. The largest absolute Gasteiger partial charge is 0.353 e. The van der Waals surface area contributed by atoms with Gasteiger partial charge >= 0.3 is 0 Å². The molecular weight excluding hydrogens is 426 g/mol. The maximum Gasteiger partial charge on any atom is 0.179 e. The first kappa shape index (κ1) is 20.3. The lowest BCUT2D eigenvalue weighted by molar-refractivity contribution is 0.251. The molecule has 0 aliphatic carbocycles. The molecule has 0 spiro atoms. The highest BCUT2D eigenvalue weighted by Gasteiger charge is 2.23. The fraction of sp³-hybridized carbons (Fsp3) is 0.286. The second kappa shape index (κ2) is 8.44. The SMILES string of the molecule is CS(=O)(=O)c1cccnc1N1CCN(Cc2ccc(-c3cccc(Cl)c3)s2)CC1. The molecule has 152 valence electrons. The van der Waals surface area contributed by atoms with Crippen LogP contribution in [0.2, 0.25) is 5.02 Å². The number of nitrogens with zero attached hydrogens (tertiary/aromatic N) is 3. The number of hydrogen-bond acceptors (Lipinski definition) is 6. The molecule has 0 amide bonds. The van der Waals surface area contributed by atoms with Crippen molar-refractivity contribution in [1.82, 2.24) is 9.88 Å². The fourth-order valence-corrected chi connectivity index (χ4v) is 5.58. The number of halogens is 1. The number of rotatable bonds is 5. The van der Waals surface area contributed by atoms with Crippen LogP contribution in [-0.2, 0) is 16.4 Å². The van der Waals surface area contributed by atoms with Gasteiger partial charge in [-0.25, -0.2) is 13.4 Å². The number of thiophene rings is 1. The first-order valence-electron chi connectivity index (χ1n) is 9.37. The van der Waals surface area contributed by atoms with Crippen molar-refractivity contribution in [3.63, 3.8) is 0 Å². The van der Waals surface area contributed by atoms with E-state index in [4.69, 9.17) is 11.6 Å². The van der Waals surface area contributed by atoms with Crippen molar-refractivity contribution in [3.05, 3.63) is 64.6 Å². The van der Waals surface area contributed by atoms with E-state index in [2.05, 4.69) is 33.0 Å². The molecule has 0 saturated carbocycles. The highest BCUT2D eigenvalue weighted by atomic mass is 35.5. The van der Waals surface area contributed by atoms with E-state index in [1.807, 2.05) is 18.2 Å². The normalized spacial score (nSPS) is 15.6. The van der Waals surface area contributed by atoms with E-state index in [9.17, 15) is 8.42 Å². The number of sulfone groups is 1. The Bertz CT molecular complexity index is 1110. The molecule has 5 nitrogen and oxygen atoms in total. The van der Waals surface area contributed by atoms with E-state index in [1.165, 1.54) is 16.0 Å². The Morgan fingerprint density at radius 3 is 2.59 bits per heavy atom. The second-order valence-electron chi connectivity index (χ2n) is 7.14. The summed E-state index contributed by atoms with van der Waals surface area (Å²) in [5.41, 5.74) is 1.14. The number of pyridine rings is 1. The molecule has 0 atom stereocenters. The van der Waals surface area contributed by atoms with Crippen LogP contribution in [0.5, 0.6) is 0 Å². The summed E-state index contributed by atoms with van der Waals surface area (Å²) in [7, 11) is -3.30. The van der Waals surface area contributed by atoms with Gasteiger partial charge in [0, 0.05) is 60.0 Å². The Balaban J connectivity index is 1.40. The topological polar surface area (TPSA) is 53.5 Å². The smallest absolute Gasteiger partial charge is 0.179 e. The van der Waals surface area contributed by atoms with Gasteiger partial charge in [-0.2, -0.15) is 0 Å². The molecule has 0 unspecified atom stereocenters. The molecule has 3 aromatic rings. The molecule has 0 bridgehead atoms. The van der Waals surface area contributed by atoms with Crippen molar-refractivity contribution >= 4 is 38.6 Å². The Kier molecular flexibility index (Phi) is 5.92. The van der Waals surface area contributed by atoms with Gasteiger partial charge in [-0.15, -0.1) is 11.3 Å². The van der Waals surface area contributed by atoms with Gasteiger partial charge in [0.15, 0.2) is 9.84 Å². The van der Waals surface area contributed by atoms with Crippen LogP contribution in [-0.4, -0.2) is 50.7 Å². The minimum Gasteiger partial charge on any atom is -0.353 e. The van der Waals surface area contributed by atoms with Gasteiger partial charge < -0.3 is 4.90 Å². The molecule has 4 rings (SSSR count). The molecule has 8 heteroatoms. The summed E-state index contributed by atoms with van der Waals surface area (Å²) in [6.45, 7) is 4.13. The number of hydrogen-bond donors (Lipinski definition) is 0. The van der Waals surface area contributed by atoms with Gasteiger partial charge in [0.25, 0.3) is 0 Å². The van der Waals surface area contributed by atoms with Crippen LogP contribution >= 0.6 is 22.9 Å². The van der Waals surface area contributed by atoms with Gasteiger partial charge in [0.05, 0.1) is 0 Å². The minimum atomic E-state index is -3.30. The standard InChI is InChI=1S/C21H22ClN3O2S2/c1-29(26,27)20-6-3-9-23-21(20)25-12-10-24(11-13-25)15-18-7-8-19(28-18)16-4-2-5-17(22)14-16/h2-9,14H,10-13,15H2,1H3. The van der Waals surface area contributed by atoms with Crippen LogP contribution in [0, 0.1) is 0 Å². The van der Waals surface area contributed by atoms with E-state index in [0.717, 1.165) is 43.3 Å². The Labute approximate surface area is 180 Å². The van der Waals surface area contributed by atoms with Crippen molar-refractivity contribution < 1.29 is 8.42 Å². The first-order valence-corrected chi connectivity index (χ1v) is 12.5. The zero-order valence-electron chi connectivity index (χ0n) is 16.1. The summed E-state index contributed by atoms with van der Waals surface area (Å²) in [6.07, 6.45) is 2.89. The molecule has 2 aromatic heterocycles.